The Morgan fingerprint density at radius 2 is 1.96 bits per heavy atom. The summed E-state index contributed by atoms with van der Waals surface area (Å²) in [5.74, 6) is -0.275. The van der Waals surface area contributed by atoms with Gasteiger partial charge in [-0.2, -0.15) is 10.4 Å². The Labute approximate surface area is 155 Å². The van der Waals surface area contributed by atoms with Gasteiger partial charge < -0.3 is 5.32 Å². The highest BCUT2D eigenvalue weighted by Crippen LogP contribution is 2.26. The third-order valence-corrected chi connectivity index (χ3v) is 5.17. The fourth-order valence-electron chi connectivity index (χ4n) is 2.45. The van der Waals surface area contributed by atoms with Gasteiger partial charge in [-0.25, -0.2) is 12.8 Å². The molecule has 27 heavy (non-hydrogen) atoms. The first-order valence-corrected chi connectivity index (χ1v) is 9.39. The maximum absolute atomic E-state index is 13.4. The van der Waals surface area contributed by atoms with Crippen LogP contribution in [0.3, 0.4) is 0 Å². The van der Waals surface area contributed by atoms with Crippen LogP contribution in [-0.4, -0.2) is 18.6 Å². The predicted octanol–water partition coefficient (Wildman–Crippen LogP) is 3.58. The van der Waals surface area contributed by atoms with Gasteiger partial charge in [0.2, 0.25) is 0 Å². The van der Waals surface area contributed by atoms with Crippen molar-refractivity contribution in [2.75, 3.05) is 10.0 Å². The zero-order chi connectivity index (χ0) is 19.6. The van der Waals surface area contributed by atoms with E-state index < -0.39 is 10.0 Å². The van der Waals surface area contributed by atoms with Crippen molar-refractivity contribution < 1.29 is 12.8 Å². The number of benzene rings is 2. The summed E-state index contributed by atoms with van der Waals surface area (Å²) in [6.45, 7) is 3.39. The zero-order valence-corrected chi connectivity index (χ0v) is 15.4. The number of aryl methyl sites for hydroxylation is 2. The van der Waals surface area contributed by atoms with Gasteiger partial charge in [0.05, 0.1) is 4.90 Å². The number of aromatic amines is 1. The van der Waals surface area contributed by atoms with Gasteiger partial charge in [0.15, 0.2) is 5.82 Å². The molecule has 3 N–H and O–H groups in total. The largest absolute Gasteiger partial charge is 0.339 e. The van der Waals surface area contributed by atoms with Crippen LogP contribution in [0.5, 0.6) is 0 Å². The van der Waals surface area contributed by atoms with E-state index in [1.165, 1.54) is 24.3 Å². The molecular weight excluding hydrogens is 369 g/mol. The van der Waals surface area contributed by atoms with Gasteiger partial charge in [-0.05, 0) is 55.3 Å². The predicted molar refractivity (Wildman–Crippen MR) is 99.7 cm³/mol. The Morgan fingerprint density at radius 1 is 1.19 bits per heavy atom. The minimum atomic E-state index is -3.90. The summed E-state index contributed by atoms with van der Waals surface area (Å²) in [6, 6.07) is 12.7. The molecule has 1 aromatic heterocycles. The number of rotatable bonds is 5. The van der Waals surface area contributed by atoms with Gasteiger partial charge in [0.25, 0.3) is 10.0 Å². The quantitative estimate of drug-likeness (QED) is 0.622. The second-order valence-electron chi connectivity index (χ2n) is 5.94. The fraction of sp³-hybridized carbons (Fsp3) is 0.111. The van der Waals surface area contributed by atoms with Crippen molar-refractivity contribution in [1.29, 1.82) is 5.26 Å². The normalized spacial score (nSPS) is 11.0. The van der Waals surface area contributed by atoms with Crippen molar-refractivity contribution in [3.05, 3.63) is 65.0 Å². The number of nitrogens with zero attached hydrogens (tertiary/aromatic N) is 2. The van der Waals surface area contributed by atoms with E-state index in [9.17, 15) is 18.1 Å². The molecule has 0 bridgehead atoms. The average Bonchev–Trinajstić information content (AvgIpc) is 2.99. The molecule has 0 unspecified atom stereocenters. The summed E-state index contributed by atoms with van der Waals surface area (Å²) in [5, 5.41) is 18.8. The van der Waals surface area contributed by atoms with Crippen LogP contribution in [-0.2, 0) is 10.0 Å². The number of halogens is 1. The number of aromatic nitrogens is 2. The molecule has 0 fully saturated rings. The van der Waals surface area contributed by atoms with Gasteiger partial charge in [0, 0.05) is 5.69 Å². The number of anilines is 3. The SMILES string of the molecule is Cc1cccc(S(=O)(=O)Nc2n[nH]c(Nc3ccc(F)c(C)c3)c2C#N)c1. The van der Waals surface area contributed by atoms with Crippen LogP contribution in [0.25, 0.3) is 0 Å². The Kier molecular flexibility index (Phi) is 4.83. The molecule has 2 aromatic carbocycles. The van der Waals surface area contributed by atoms with E-state index in [0.717, 1.165) is 5.56 Å². The van der Waals surface area contributed by atoms with Crippen LogP contribution in [0, 0.1) is 31.0 Å². The van der Waals surface area contributed by atoms with E-state index >= 15 is 0 Å². The van der Waals surface area contributed by atoms with Gasteiger partial charge in [0.1, 0.15) is 23.3 Å². The van der Waals surface area contributed by atoms with E-state index in [2.05, 4.69) is 20.2 Å². The van der Waals surface area contributed by atoms with E-state index in [4.69, 9.17) is 0 Å². The molecule has 0 radical (unpaired) electrons. The lowest BCUT2D eigenvalue weighted by atomic mass is 10.2. The molecule has 0 saturated carbocycles. The van der Waals surface area contributed by atoms with Gasteiger partial charge in [-0.1, -0.05) is 12.1 Å². The molecular formula is C18H16FN5O2S. The number of nitrogens with one attached hydrogen (secondary N) is 3. The summed E-state index contributed by atoms with van der Waals surface area (Å²) in [6.07, 6.45) is 0. The van der Waals surface area contributed by atoms with Gasteiger partial charge in [-0.15, -0.1) is 0 Å². The van der Waals surface area contributed by atoms with Crippen LogP contribution in [0.15, 0.2) is 47.4 Å². The molecule has 0 saturated heterocycles. The van der Waals surface area contributed by atoms with E-state index in [-0.39, 0.29) is 27.9 Å². The Bertz CT molecular complexity index is 1150. The van der Waals surface area contributed by atoms with Crippen LogP contribution in [0.1, 0.15) is 16.7 Å². The molecule has 0 aliphatic heterocycles. The maximum atomic E-state index is 13.4. The summed E-state index contributed by atoms with van der Waals surface area (Å²) < 4.78 is 40.8. The molecule has 3 aromatic rings. The lowest BCUT2D eigenvalue weighted by molar-refractivity contribution is 0.601. The van der Waals surface area contributed by atoms with Crippen LogP contribution < -0.4 is 10.0 Å². The number of H-pyrrole nitrogens is 1. The summed E-state index contributed by atoms with van der Waals surface area (Å²) in [4.78, 5) is 0.0676. The maximum Gasteiger partial charge on any atom is 0.263 e. The summed E-state index contributed by atoms with van der Waals surface area (Å²) in [7, 11) is -3.90. The molecule has 0 aliphatic rings. The average molecular weight is 385 g/mol. The number of sulfonamides is 1. The Morgan fingerprint density at radius 3 is 2.63 bits per heavy atom. The molecule has 7 nitrogen and oxygen atoms in total. The molecule has 0 aliphatic carbocycles. The first-order valence-electron chi connectivity index (χ1n) is 7.91. The number of hydrogen-bond acceptors (Lipinski definition) is 5. The highest BCUT2D eigenvalue weighted by Gasteiger charge is 2.21. The van der Waals surface area contributed by atoms with E-state index in [0.29, 0.717) is 11.3 Å². The fourth-order valence-corrected chi connectivity index (χ4v) is 3.57. The van der Waals surface area contributed by atoms with Crippen molar-refractivity contribution in [3.8, 4) is 6.07 Å². The molecule has 0 amide bonds. The molecule has 138 valence electrons. The smallest absolute Gasteiger partial charge is 0.263 e. The minimum absolute atomic E-state index is 0.00629. The number of hydrogen-bond donors (Lipinski definition) is 3. The van der Waals surface area contributed by atoms with Gasteiger partial charge in [-0.3, -0.25) is 9.82 Å². The summed E-state index contributed by atoms with van der Waals surface area (Å²) in [5.41, 5.74) is 1.74. The van der Waals surface area contributed by atoms with Crippen molar-refractivity contribution in [2.45, 2.75) is 18.7 Å². The Hall–Kier alpha value is -3.38. The van der Waals surface area contributed by atoms with Crippen LogP contribution >= 0.6 is 0 Å². The van der Waals surface area contributed by atoms with Crippen molar-refractivity contribution in [2.24, 2.45) is 0 Å². The molecule has 0 atom stereocenters. The van der Waals surface area contributed by atoms with Crippen LogP contribution in [0.4, 0.5) is 21.7 Å². The van der Waals surface area contributed by atoms with Crippen molar-refractivity contribution in [3.63, 3.8) is 0 Å². The Balaban J connectivity index is 1.90. The monoisotopic (exact) mass is 385 g/mol. The van der Waals surface area contributed by atoms with Gasteiger partial charge >= 0.3 is 0 Å². The molecule has 0 spiro atoms. The lowest BCUT2D eigenvalue weighted by Gasteiger charge is -2.07. The van der Waals surface area contributed by atoms with E-state index in [1.54, 1.807) is 32.0 Å². The number of nitriles is 1. The van der Waals surface area contributed by atoms with Crippen molar-refractivity contribution in [1.82, 2.24) is 10.2 Å². The zero-order valence-electron chi connectivity index (χ0n) is 14.5. The molecule has 1 heterocycles. The van der Waals surface area contributed by atoms with Crippen LogP contribution in [0.2, 0.25) is 0 Å². The highest BCUT2D eigenvalue weighted by molar-refractivity contribution is 7.92. The van der Waals surface area contributed by atoms with E-state index in [1.807, 2.05) is 6.07 Å². The first kappa shape index (κ1) is 18.4. The summed E-state index contributed by atoms with van der Waals surface area (Å²) >= 11 is 0. The van der Waals surface area contributed by atoms with Crippen molar-refractivity contribution >= 4 is 27.3 Å². The minimum Gasteiger partial charge on any atom is -0.339 e. The third-order valence-electron chi connectivity index (χ3n) is 3.84. The first-order chi connectivity index (χ1) is 12.8. The standard InChI is InChI=1S/C18H16FN5O2S/c1-11-4-3-5-14(8-11)27(25,26)24-18-15(10-20)17(22-23-18)21-13-6-7-16(19)12(2)9-13/h3-9H,1-2H3,(H3,21,22,23,24). The second-order valence-corrected chi connectivity index (χ2v) is 7.63. The topological polar surface area (TPSA) is 111 Å². The highest BCUT2D eigenvalue weighted by atomic mass is 32.2. The lowest BCUT2D eigenvalue weighted by Crippen LogP contribution is -2.14. The molecule has 9 heteroatoms. The third kappa shape index (κ3) is 3.91. The second kappa shape index (κ2) is 7.09. The molecule has 3 rings (SSSR count).